The highest BCUT2D eigenvalue weighted by Gasteiger charge is 2.40. The van der Waals surface area contributed by atoms with E-state index in [2.05, 4.69) is 14.8 Å². The molecule has 1 aromatic carbocycles. The summed E-state index contributed by atoms with van der Waals surface area (Å²) in [4.78, 5) is 21.4. The summed E-state index contributed by atoms with van der Waals surface area (Å²) in [7, 11) is -2.51. The van der Waals surface area contributed by atoms with Crippen LogP contribution in [0.5, 0.6) is 0 Å². The predicted octanol–water partition coefficient (Wildman–Crippen LogP) is 3.03. The van der Waals surface area contributed by atoms with E-state index in [9.17, 15) is 22.2 Å². The van der Waals surface area contributed by atoms with E-state index in [4.69, 9.17) is 9.90 Å². The normalized spacial score (nSPS) is 25.1. The molecule has 8 nitrogen and oxygen atoms in total. The van der Waals surface area contributed by atoms with Crippen LogP contribution >= 0.6 is 0 Å². The second-order valence-electron chi connectivity index (χ2n) is 7.74. The van der Waals surface area contributed by atoms with Crippen LogP contribution in [0.2, 0.25) is 0 Å². The lowest BCUT2D eigenvalue weighted by Crippen LogP contribution is -2.49. The van der Waals surface area contributed by atoms with Gasteiger partial charge in [-0.15, -0.1) is 0 Å². The number of alkyl halides is 3. The fraction of sp³-hybridized carbons (Fsp3) is 0.450. The smallest absolute Gasteiger partial charge is 0.475 e. The minimum atomic E-state index is -5.08. The summed E-state index contributed by atoms with van der Waals surface area (Å²) in [6.45, 7) is 0.966. The third-order valence-electron chi connectivity index (χ3n) is 5.29. The van der Waals surface area contributed by atoms with Gasteiger partial charge in [0.15, 0.2) is 0 Å². The number of aromatic nitrogens is 2. The largest absolute Gasteiger partial charge is 0.490 e. The summed E-state index contributed by atoms with van der Waals surface area (Å²) in [6, 6.07) is 9.57. The van der Waals surface area contributed by atoms with Crippen molar-refractivity contribution in [2.75, 3.05) is 18.1 Å². The van der Waals surface area contributed by atoms with Gasteiger partial charge in [0.25, 0.3) is 5.91 Å². The van der Waals surface area contributed by atoms with Crippen LogP contribution in [0.3, 0.4) is 0 Å². The number of halogens is 3. The molecule has 0 aliphatic carbocycles. The Morgan fingerprint density at radius 1 is 1.19 bits per heavy atom. The molecule has 2 N–H and O–H groups in total. The number of hydrogen-bond acceptors (Lipinski definition) is 5. The average molecular weight is 472 g/mol. The van der Waals surface area contributed by atoms with Crippen LogP contribution < -0.4 is 5.32 Å². The Bertz CT molecular complexity index is 1090. The number of para-hydroxylation sites is 1. The number of benzene rings is 1. The lowest BCUT2D eigenvalue weighted by molar-refractivity contribution is -0.192. The molecular formula is C20H23F3N4O4S. The first-order chi connectivity index (χ1) is 15.0. The number of carbonyl (C=O) groups excluding carboxylic acids is 1. The maximum atomic E-state index is 13.2. The molecule has 174 valence electrons. The maximum Gasteiger partial charge on any atom is 0.490 e. The number of hydrogen-bond donors (Lipinski definition) is 2. The summed E-state index contributed by atoms with van der Waals surface area (Å²) < 4.78 is 50.7. The van der Waals surface area contributed by atoms with Gasteiger partial charge in [-0.25, -0.2) is 13.7 Å². The summed E-state index contributed by atoms with van der Waals surface area (Å²) >= 11 is 0. The summed E-state index contributed by atoms with van der Waals surface area (Å²) in [6.07, 6.45) is 2.07. The summed E-state index contributed by atoms with van der Waals surface area (Å²) in [5, 5.41) is 14.8. The molecule has 32 heavy (non-hydrogen) atoms. The van der Waals surface area contributed by atoms with E-state index in [1.54, 1.807) is 10.9 Å². The van der Waals surface area contributed by atoms with Crippen molar-refractivity contribution in [2.24, 2.45) is 4.36 Å². The van der Waals surface area contributed by atoms with Crippen molar-refractivity contribution < 1.29 is 32.1 Å². The standard InChI is InChI=1S/C18H22N4O2S.C2HF3O2/c23-17(15-12-20-22(13-15)16-6-2-1-3-7-16)21-25(24)11-5-9-18(14-25)8-4-10-19-18;3-2(4,5)1(6)7/h1-3,6-7,12-13,19H,4-5,8-11,14H2;(H,6,7). The molecule has 0 bridgehead atoms. The fourth-order valence-electron chi connectivity index (χ4n) is 3.85. The third-order valence-corrected chi connectivity index (χ3v) is 7.72. The third kappa shape index (κ3) is 5.94. The van der Waals surface area contributed by atoms with Gasteiger partial charge in [0.1, 0.15) is 0 Å². The Morgan fingerprint density at radius 3 is 2.44 bits per heavy atom. The van der Waals surface area contributed by atoms with Gasteiger partial charge in [-0.2, -0.15) is 22.6 Å². The monoisotopic (exact) mass is 472 g/mol. The van der Waals surface area contributed by atoms with E-state index in [0.717, 1.165) is 37.9 Å². The number of carbonyl (C=O) groups is 2. The van der Waals surface area contributed by atoms with Crippen molar-refractivity contribution in [3.05, 3.63) is 48.3 Å². The maximum absolute atomic E-state index is 13.2. The van der Waals surface area contributed by atoms with Gasteiger partial charge in [-0.1, -0.05) is 18.2 Å². The van der Waals surface area contributed by atoms with E-state index in [0.29, 0.717) is 17.1 Å². The first-order valence-corrected chi connectivity index (χ1v) is 11.8. The molecule has 4 rings (SSSR count). The number of nitrogens with one attached hydrogen (secondary N) is 1. The van der Waals surface area contributed by atoms with Gasteiger partial charge in [0, 0.05) is 17.5 Å². The molecule has 2 aromatic rings. The van der Waals surface area contributed by atoms with E-state index in [1.807, 2.05) is 30.3 Å². The van der Waals surface area contributed by atoms with Gasteiger partial charge in [-0.05, 0) is 44.4 Å². The molecule has 12 heteroatoms. The predicted molar refractivity (Wildman–Crippen MR) is 111 cm³/mol. The lowest BCUT2D eigenvalue weighted by Gasteiger charge is -2.35. The highest BCUT2D eigenvalue weighted by atomic mass is 32.2. The zero-order valence-corrected chi connectivity index (χ0v) is 17.9. The Kier molecular flexibility index (Phi) is 7.03. The van der Waals surface area contributed by atoms with Crippen molar-refractivity contribution in [2.45, 2.75) is 37.4 Å². The molecule has 1 spiro atoms. The SMILES string of the molecule is O=C(N=S1(=O)CCCC2(CCCN2)C1)c1cnn(-c2ccccc2)c1.O=C(O)C(F)(F)F. The minimum Gasteiger partial charge on any atom is -0.475 e. The lowest BCUT2D eigenvalue weighted by atomic mass is 9.94. The molecule has 2 atom stereocenters. The molecule has 1 aromatic heterocycles. The quantitative estimate of drug-likeness (QED) is 0.695. The van der Waals surface area contributed by atoms with E-state index in [-0.39, 0.29) is 5.54 Å². The highest BCUT2D eigenvalue weighted by molar-refractivity contribution is 7.94. The molecule has 2 saturated heterocycles. The molecule has 0 radical (unpaired) electrons. The first-order valence-electron chi connectivity index (χ1n) is 9.94. The van der Waals surface area contributed by atoms with Crippen LogP contribution in [0.15, 0.2) is 47.1 Å². The van der Waals surface area contributed by atoms with Gasteiger partial charge in [0.05, 0.1) is 32.9 Å². The van der Waals surface area contributed by atoms with Crippen molar-refractivity contribution in [1.82, 2.24) is 15.1 Å². The highest BCUT2D eigenvalue weighted by Crippen LogP contribution is 2.32. The number of amides is 1. The van der Waals surface area contributed by atoms with Crippen LogP contribution in [0, 0.1) is 0 Å². The summed E-state index contributed by atoms with van der Waals surface area (Å²) in [5.41, 5.74) is 1.18. The Morgan fingerprint density at radius 2 is 1.84 bits per heavy atom. The van der Waals surface area contributed by atoms with E-state index >= 15 is 0 Å². The van der Waals surface area contributed by atoms with Crippen molar-refractivity contribution in [3.63, 3.8) is 0 Å². The average Bonchev–Trinajstić information content (AvgIpc) is 3.38. The number of carboxylic acids is 1. The minimum absolute atomic E-state index is 0.0761. The molecule has 2 aliphatic heterocycles. The second kappa shape index (κ2) is 9.41. The van der Waals surface area contributed by atoms with Gasteiger partial charge < -0.3 is 10.4 Å². The van der Waals surface area contributed by atoms with Crippen LogP contribution in [0.1, 0.15) is 36.0 Å². The Labute approximate surface area is 183 Å². The van der Waals surface area contributed by atoms with Gasteiger partial charge in [-0.3, -0.25) is 4.79 Å². The van der Waals surface area contributed by atoms with Crippen LogP contribution in [-0.2, 0) is 14.5 Å². The molecule has 1 amide bonds. The van der Waals surface area contributed by atoms with Crippen molar-refractivity contribution in [1.29, 1.82) is 0 Å². The number of rotatable bonds is 2. The van der Waals surface area contributed by atoms with Crippen LogP contribution in [-0.4, -0.2) is 60.7 Å². The fourth-order valence-corrected chi connectivity index (χ4v) is 6.41. The van der Waals surface area contributed by atoms with Gasteiger partial charge >= 0.3 is 12.1 Å². The van der Waals surface area contributed by atoms with Crippen LogP contribution in [0.25, 0.3) is 5.69 Å². The zero-order chi connectivity index (χ0) is 23.4. The molecular weight excluding hydrogens is 449 g/mol. The molecule has 3 heterocycles. The van der Waals surface area contributed by atoms with E-state index in [1.165, 1.54) is 6.20 Å². The molecule has 2 aliphatic rings. The summed E-state index contributed by atoms with van der Waals surface area (Å²) in [5.74, 6) is -2.19. The second-order valence-corrected chi connectivity index (χ2v) is 10.2. The number of aliphatic carboxylic acids is 1. The molecule has 2 unspecified atom stereocenters. The van der Waals surface area contributed by atoms with Crippen molar-refractivity contribution in [3.8, 4) is 5.69 Å². The Hall–Kier alpha value is -2.73. The van der Waals surface area contributed by atoms with Crippen LogP contribution in [0.4, 0.5) is 13.2 Å². The Balaban J connectivity index is 0.000000360. The number of nitrogens with zero attached hydrogens (tertiary/aromatic N) is 3. The van der Waals surface area contributed by atoms with Crippen molar-refractivity contribution >= 4 is 21.6 Å². The molecule has 2 fully saturated rings. The topological polar surface area (TPSA) is 114 Å². The van der Waals surface area contributed by atoms with E-state index < -0.39 is 27.8 Å². The first kappa shape index (κ1) is 23.9. The zero-order valence-electron chi connectivity index (χ0n) is 17.0. The van der Waals surface area contributed by atoms with Gasteiger partial charge in [0.2, 0.25) is 0 Å². The molecule has 0 saturated carbocycles. The number of carboxylic acid groups (broad SMARTS) is 1.